The summed E-state index contributed by atoms with van der Waals surface area (Å²) >= 11 is 0. The van der Waals surface area contributed by atoms with Gasteiger partial charge < -0.3 is 9.84 Å². The number of ether oxygens (including phenoxy) is 1. The van der Waals surface area contributed by atoms with Crippen molar-refractivity contribution in [2.24, 2.45) is 5.92 Å². The number of esters is 1. The molecule has 0 atom stereocenters. The van der Waals surface area contributed by atoms with Crippen LogP contribution < -0.4 is 0 Å². The van der Waals surface area contributed by atoms with E-state index in [-0.39, 0.29) is 18.9 Å². The fourth-order valence-corrected chi connectivity index (χ4v) is 0.821. The molecule has 4 nitrogen and oxygen atoms in total. The maximum absolute atomic E-state index is 11.2. The summed E-state index contributed by atoms with van der Waals surface area (Å²) in [7, 11) is 0. The van der Waals surface area contributed by atoms with Gasteiger partial charge in [0.05, 0.1) is 12.0 Å². The van der Waals surface area contributed by atoms with Crippen molar-refractivity contribution in [3.05, 3.63) is 17.9 Å². The summed E-state index contributed by atoms with van der Waals surface area (Å²) in [5.74, 6) is -1.56. The van der Waals surface area contributed by atoms with Gasteiger partial charge >= 0.3 is 11.9 Å². The largest absolute Gasteiger partial charge is 0.481 e. The van der Waals surface area contributed by atoms with Crippen LogP contribution in [0.15, 0.2) is 17.9 Å². The molecule has 0 aromatic rings. The Labute approximate surface area is 82.9 Å². The Morgan fingerprint density at radius 1 is 1.50 bits per heavy atom. The van der Waals surface area contributed by atoms with E-state index in [1.54, 1.807) is 0 Å². The fraction of sp³-hybridized carbons (Fsp3) is 0.500. The lowest BCUT2D eigenvalue weighted by Gasteiger charge is -2.07. The van der Waals surface area contributed by atoms with Crippen LogP contribution in [0, 0.1) is 5.92 Å². The van der Waals surface area contributed by atoms with Crippen molar-refractivity contribution in [3.63, 3.8) is 0 Å². The zero-order valence-corrected chi connectivity index (χ0v) is 8.37. The van der Waals surface area contributed by atoms with Crippen LogP contribution >= 0.6 is 0 Å². The lowest BCUT2D eigenvalue weighted by molar-refractivity contribution is -0.143. The Bertz CT molecular complexity index is 272. The van der Waals surface area contributed by atoms with Crippen LogP contribution in [0.3, 0.4) is 0 Å². The van der Waals surface area contributed by atoms with Crippen LogP contribution in [0.4, 0.5) is 0 Å². The summed E-state index contributed by atoms with van der Waals surface area (Å²) in [5.41, 5.74) is 2.83. The SMILES string of the molecule is C=C=C(C(=O)OCCC(=O)O)C(C)C. The molecule has 0 spiro atoms. The summed E-state index contributed by atoms with van der Waals surface area (Å²) in [6.07, 6.45) is -0.186. The number of carbonyl (C=O) groups excluding carboxylic acids is 1. The summed E-state index contributed by atoms with van der Waals surface area (Å²) in [5, 5.41) is 8.31. The molecule has 0 aliphatic carbocycles. The minimum absolute atomic E-state index is 0.0233. The molecule has 1 N–H and O–H groups in total. The monoisotopic (exact) mass is 198 g/mol. The number of aliphatic carboxylic acids is 1. The summed E-state index contributed by atoms with van der Waals surface area (Å²) in [6.45, 7) is 6.87. The van der Waals surface area contributed by atoms with E-state index in [2.05, 4.69) is 12.3 Å². The normalized spacial score (nSPS) is 9.36. The third-order valence-electron chi connectivity index (χ3n) is 1.54. The first-order chi connectivity index (χ1) is 6.49. The molecule has 78 valence electrons. The van der Waals surface area contributed by atoms with Gasteiger partial charge in [0.2, 0.25) is 0 Å². The molecule has 0 heterocycles. The molecular weight excluding hydrogens is 184 g/mol. The Balaban J connectivity index is 4.08. The number of carboxylic acid groups (broad SMARTS) is 1. The third-order valence-corrected chi connectivity index (χ3v) is 1.54. The van der Waals surface area contributed by atoms with E-state index in [1.807, 2.05) is 13.8 Å². The molecular formula is C10H14O4. The van der Waals surface area contributed by atoms with Gasteiger partial charge in [-0.3, -0.25) is 4.79 Å². The van der Waals surface area contributed by atoms with Crippen molar-refractivity contribution in [2.75, 3.05) is 6.61 Å². The molecule has 0 aliphatic rings. The number of carbonyl (C=O) groups is 2. The van der Waals surface area contributed by atoms with Crippen LogP contribution in [0.1, 0.15) is 20.3 Å². The molecule has 4 heteroatoms. The molecule has 0 saturated heterocycles. The number of hydrogen-bond donors (Lipinski definition) is 1. The van der Waals surface area contributed by atoms with E-state index in [4.69, 9.17) is 9.84 Å². The zero-order chi connectivity index (χ0) is 11.1. The molecule has 0 aromatic carbocycles. The van der Waals surface area contributed by atoms with Crippen LogP contribution in [-0.4, -0.2) is 23.7 Å². The summed E-state index contributed by atoms with van der Waals surface area (Å²) < 4.78 is 4.71. The van der Waals surface area contributed by atoms with E-state index >= 15 is 0 Å². The smallest absolute Gasteiger partial charge is 0.342 e. The van der Waals surface area contributed by atoms with Gasteiger partial charge in [-0.05, 0) is 5.92 Å². The molecule has 0 radical (unpaired) electrons. The molecule has 0 amide bonds. The second-order valence-electron chi connectivity index (χ2n) is 3.02. The Hall–Kier alpha value is -1.54. The van der Waals surface area contributed by atoms with Gasteiger partial charge in [-0.15, -0.1) is 5.73 Å². The highest BCUT2D eigenvalue weighted by Crippen LogP contribution is 2.09. The van der Waals surface area contributed by atoms with E-state index in [1.165, 1.54) is 0 Å². The van der Waals surface area contributed by atoms with Crippen LogP contribution in [0.25, 0.3) is 0 Å². The molecule has 0 unspecified atom stereocenters. The molecule has 0 bridgehead atoms. The average Bonchev–Trinajstić information content (AvgIpc) is 2.03. The van der Waals surface area contributed by atoms with Gasteiger partial charge in [-0.2, -0.15) is 0 Å². The number of hydrogen-bond acceptors (Lipinski definition) is 3. The lowest BCUT2D eigenvalue weighted by Crippen LogP contribution is -2.14. The van der Waals surface area contributed by atoms with Crippen molar-refractivity contribution in [1.29, 1.82) is 0 Å². The predicted octanol–water partition coefficient (Wildman–Crippen LogP) is 1.37. The maximum Gasteiger partial charge on any atom is 0.342 e. The van der Waals surface area contributed by atoms with Gasteiger partial charge in [0, 0.05) is 0 Å². The molecule has 0 saturated carbocycles. The first-order valence-electron chi connectivity index (χ1n) is 4.28. The van der Waals surface area contributed by atoms with Crippen LogP contribution in [0.2, 0.25) is 0 Å². The fourth-order valence-electron chi connectivity index (χ4n) is 0.821. The highest BCUT2D eigenvalue weighted by atomic mass is 16.5. The molecule has 14 heavy (non-hydrogen) atoms. The highest BCUT2D eigenvalue weighted by Gasteiger charge is 2.14. The van der Waals surface area contributed by atoms with Crippen LogP contribution in [-0.2, 0) is 14.3 Å². The lowest BCUT2D eigenvalue weighted by atomic mass is 10.1. The first-order valence-corrected chi connectivity index (χ1v) is 4.28. The van der Waals surface area contributed by atoms with Gasteiger partial charge in [0.25, 0.3) is 0 Å². The Morgan fingerprint density at radius 3 is 2.43 bits per heavy atom. The summed E-state index contributed by atoms with van der Waals surface area (Å²) in [6, 6.07) is 0. The Kier molecular flexibility index (Phi) is 5.34. The van der Waals surface area contributed by atoms with Gasteiger partial charge in [-0.25, -0.2) is 4.79 Å². The second kappa shape index (κ2) is 6.00. The molecule has 0 rings (SSSR count). The molecule has 0 aliphatic heterocycles. The maximum atomic E-state index is 11.2. The van der Waals surface area contributed by atoms with Crippen molar-refractivity contribution in [2.45, 2.75) is 20.3 Å². The van der Waals surface area contributed by atoms with Gasteiger partial charge in [0.15, 0.2) is 0 Å². The van der Waals surface area contributed by atoms with E-state index in [0.717, 1.165) is 0 Å². The van der Waals surface area contributed by atoms with E-state index < -0.39 is 11.9 Å². The quantitative estimate of drug-likeness (QED) is 0.411. The third kappa shape index (κ3) is 4.48. The Morgan fingerprint density at radius 2 is 2.07 bits per heavy atom. The molecule has 0 fully saturated rings. The summed E-state index contributed by atoms with van der Waals surface area (Å²) in [4.78, 5) is 21.4. The minimum atomic E-state index is -0.994. The standard InChI is InChI=1S/C10H14O4/c1-4-8(7(2)3)10(13)14-6-5-9(11)12/h7H,1,5-6H2,2-3H3,(H,11,12). The highest BCUT2D eigenvalue weighted by molar-refractivity contribution is 5.88. The first kappa shape index (κ1) is 12.5. The minimum Gasteiger partial charge on any atom is -0.481 e. The van der Waals surface area contributed by atoms with Crippen LogP contribution in [0.5, 0.6) is 0 Å². The van der Waals surface area contributed by atoms with Gasteiger partial charge in [0.1, 0.15) is 6.61 Å². The van der Waals surface area contributed by atoms with E-state index in [0.29, 0.717) is 5.57 Å². The predicted molar refractivity (Wildman–Crippen MR) is 50.7 cm³/mol. The zero-order valence-electron chi connectivity index (χ0n) is 8.37. The van der Waals surface area contributed by atoms with Crippen molar-refractivity contribution < 1.29 is 19.4 Å². The number of carboxylic acids is 1. The topological polar surface area (TPSA) is 63.6 Å². The number of rotatable bonds is 5. The second-order valence-corrected chi connectivity index (χ2v) is 3.02. The van der Waals surface area contributed by atoms with Gasteiger partial charge in [-0.1, -0.05) is 20.4 Å². The van der Waals surface area contributed by atoms with E-state index in [9.17, 15) is 9.59 Å². The average molecular weight is 198 g/mol. The molecule has 0 aromatic heterocycles. The van der Waals surface area contributed by atoms with Crippen molar-refractivity contribution in [1.82, 2.24) is 0 Å². The van der Waals surface area contributed by atoms with Crippen molar-refractivity contribution in [3.8, 4) is 0 Å². The van der Waals surface area contributed by atoms with Crippen molar-refractivity contribution >= 4 is 11.9 Å².